The van der Waals surface area contributed by atoms with Gasteiger partial charge in [0.25, 0.3) is 0 Å². The van der Waals surface area contributed by atoms with Crippen molar-refractivity contribution in [3.8, 4) is 22.6 Å². The van der Waals surface area contributed by atoms with Crippen molar-refractivity contribution in [2.45, 2.75) is 23.8 Å². The van der Waals surface area contributed by atoms with Gasteiger partial charge in [0.15, 0.2) is 0 Å². The Kier molecular flexibility index (Phi) is 6.85. The molecule has 0 spiro atoms. The third kappa shape index (κ3) is 4.76. The van der Waals surface area contributed by atoms with Crippen molar-refractivity contribution in [1.82, 2.24) is 4.31 Å². The van der Waals surface area contributed by atoms with Gasteiger partial charge >= 0.3 is 0 Å². The highest BCUT2D eigenvalue weighted by Crippen LogP contribution is 2.34. The highest BCUT2D eigenvalue weighted by molar-refractivity contribution is 7.89. The summed E-state index contributed by atoms with van der Waals surface area (Å²) in [5.74, 6) is 0.399. The Balaban J connectivity index is 1.57. The van der Waals surface area contributed by atoms with E-state index in [1.54, 1.807) is 32.4 Å². The predicted molar refractivity (Wildman–Crippen MR) is 127 cm³/mol. The summed E-state index contributed by atoms with van der Waals surface area (Å²) < 4.78 is 51.3. The molecule has 1 fully saturated rings. The smallest absolute Gasteiger partial charge is 0.243 e. The lowest BCUT2D eigenvalue weighted by atomic mass is 10.0. The third-order valence-electron chi connectivity index (χ3n) is 5.79. The van der Waals surface area contributed by atoms with Gasteiger partial charge in [-0.25, -0.2) is 12.8 Å². The van der Waals surface area contributed by atoms with Gasteiger partial charge in [-0.2, -0.15) is 4.31 Å². The minimum atomic E-state index is -3.94. The van der Waals surface area contributed by atoms with Gasteiger partial charge in [0.2, 0.25) is 15.9 Å². The minimum absolute atomic E-state index is 0.0418. The van der Waals surface area contributed by atoms with Gasteiger partial charge in [-0.1, -0.05) is 12.1 Å². The number of nitrogens with zero attached hydrogens (tertiary/aromatic N) is 1. The Bertz CT molecular complexity index is 1280. The Labute approximate surface area is 198 Å². The molecule has 0 radical (unpaired) electrons. The summed E-state index contributed by atoms with van der Waals surface area (Å²) >= 11 is 0. The maximum atomic E-state index is 13.3. The van der Waals surface area contributed by atoms with Crippen LogP contribution < -0.4 is 14.8 Å². The lowest BCUT2D eigenvalue weighted by Crippen LogP contribution is -2.43. The average molecular weight is 485 g/mol. The molecule has 1 atom stereocenters. The Morgan fingerprint density at radius 1 is 1.00 bits per heavy atom. The Morgan fingerprint density at radius 2 is 1.71 bits per heavy atom. The van der Waals surface area contributed by atoms with E-state index in [0.717, 1.165) is 29.0 Å². The molecule has 1 saturated heterocycles. The number of sulfonamides is 1. The minimum Gasteiger partial charge on any atom is -0.497 e. The van der Waals surface area contributed by atoms with Crippen molar-refractivity contribution in [3.05, 3.63) is 72.5 Å². The van der Waals surface area contributed by atoms with Crippen LogP contribution in [0.15, 0.2) is 71.6 Å². The fourth-order valence-corrected chi connectivity index (χ4v) is 5.70. The van der Waals surface area contributed by atoms with Gasteiger partial charge < -0.3 is 14.8 Å². The lowest BCUT2D eigenvalue weighted by Gasteiger charge is -2.23. The number of anilines is 1. The summed E-state index contributed by atoms with van der Waals surface area (Å²) in [6.07, 6.45) is 0.950. The first-order valence-corrected chi connectivity index (χ1v) is 12.2. The molecule has 0 unspecified atom stereocenters. The average Bonchev–Trinajstić information content (AvgIpc) is 3.36. The van der Waals surface area contributed by atoms with Gasteiger partial charge in [-0.3, -0.25) is 4.79 Å². The standard InChI is InChI=1S/C25H25FN2O5S/c1-32-20-10-5-17(6-11-20)22-16-19(9-14-24(22)33-2)27-25(29)23-4-3-15-28(23)34(30,31)21-12-7-18(26)8-13-21/h5-14,16,23H,3-4,15H2,1-2H3,(H,27,29)/t23-/m1/s1. The third-order valence-corrected chi connectivity index (χ3v) is 7.72. The van der Waals surface area contributed by atoms with E-state index in [1.807, 2.05) is 24.3 Å². The Morgan fingerprint density at radius 3 is 2.35 bits per heavy atom. The fourth-order valence-electron chi connectivity index (χ4n) is 4.04. The van der Waals surface area contributed by atoms with E-state index in [1.165, 1.54) is 16.4 Å². The number of benzene rings is 3. The largest absolute Gasteiger partial charge is 0.497 e. The molecule has 34 heavy (non-hydrogen) atoms. The number of halogens is 1. The molecule has 1 aliphatic heterocycles. The highest BCUT2D eigenvalue weighted by atomic mass is 32.2. The number of carbonyl (C=O) groups excluding carboxylic acids is 1. The molecule has 1 aliphatic rings. The normalized spacial score (nSPS) is 16.3. The molecule has 9 heteroatoms. The van der Waals surface area contributed by atoms with Crippen LogP contribution in [-0.4, -0.2) is 45.4 Å². The van der Waals surface area contributed by atoms with E-state index in [0.29, 0.717) is 24.3 Å². The molecular formula is C25H25FN2O5S. The van der Waals surface area contributed by atoms with Crippen LogP contribution in [0, 0.1) is 5.82 Å². The van der Waals surface area contributed by atoms with E-state index < -0.39 is 27.8 Å². The summed E-state index contributed by atoms with van der Waals surface area (Å²) in [6, 6.07) is 16.4. The van der Waals surface area contributed by atoms with Crippen LogP contribution in [-0.2, 0) is 14.8 Å². The van der Waals surface area contributed by atoms with Crippen LogP contribution >= 0.6 is 0 Å². The van der Waals surface area contributed by atoms with Crippen LogP contribution in [0.25, 0.3) is 11.1 Å². The van der Waals surface area contributed by atoms with Gasteiger partial charge in [0, 0.05) is 17.8 Å². The zero-order valence-corrected chi connectivity index (χ0v) is 19.6. The van der Waals surface area contributed by atoms with Crippen molar-refractivity contribution in [2.75, 3.05) is 26.1 Å². The second-order valence-electron chi connectivity index (χ2n) is 7.86. The van der Waals surface area contributed by atoms with Crippen LogP contribution in [0.3, 0.4) is 0 Å². The summed E-state index contributed by atoms with van der Waals surface area (Å²) in [5.41, 5.74) is 2.16. The molecule has 0 aliphatic carbocycles. The molecule has 0 bridgehead atoms. The molecule has 0 aromatic heterocycles. The summed E-state index contributed by atoms with van der Waals surface area (Å²) in [5, 5.41) is 2.85. The zero-order chi connectivity index (χ0) is 24.3. The number of methoxy groups -OCH3 is 2. The maximum absolute atomic E-state index is 13.3. The number of amides is 1. The first-order chi connectivity index (χ1) is 16.3. The number of hydrogen-bond donors (Lipinski definition) is 1. The monoisotopic (exact) mass is 484 g/mol. The number of nitrogens with one attached hydrogen (secondary N) is 1. The first kappa shape index (κ1) is 23.7. The van der Waals surface area contributed by atoms with Crippen LogP contribution in [0.2, 0.25) is 0 Å². The van der Waals surface area contributed by atoms with Gasteiger partial charge in [-0.15, -0.1) is 0 Å². The summed E-state index contributed by atoms with van der Waals surface area (Å²) in [6.45, 7) is 0.220. The number of ether oxygens (including phenoxy) is 2. The van der Waals surface area contributed by atoms with Gasteiger partial charge in [-0.05, 0) is 73.0 Å². The van der Waals surface area contributed by atoms with Crippen LogP contribution in [0.5, 0.6) is 11.5 Å². The second-order valence-corrected chi connectivity index (χ2v) is 9.75. The second kappa shape index (κ2) is 9.82. The van der Waals surface area contributed by atoms with Gasteiger partial charge in [0.1, 0.15) is 23.4 Å². The van der Waals surface area contributed by atoms with Crippen LogP contribution in [0.4, 0.5) is 10.1 Å². The molecule has 3 aromatic rings. The first-order valence-electron chi connectivity index (χ1n) is 10.7. The van der Waals surface area contributed by atoms with E-state index in [2.05, 4.69) is 5.32 Å². The molecule has 1 heterocycles. The molecule has 0 saturated carbocycles. The molecule has 7 nitrogen and oxygen atoms in total. The Hall–Kier alpha value is -3.43. The van der Waals surface area contributed by atoms with E-state index >= 15 is 0 Å². The van der Waals surface area contributed by atoms with E-state index in [4.69, 9.17) is 9.47 Å². The van der Waals surface area contributed by atoms with Crippen molar-refractivity contribution >= 4 is 21.6 Å². The summed E-state index contributed by atoms with van der Waals surface area (Å²) in [7, 11) is -0.778. The number of hydrogen-bond acceptors (Lipinski definition) is 5. The molecule has 178 valence electrons. The quantitative estimate of drug-likeness (QED) is 0.541. The number of rotatable bonds is 7. The highest BCUT2D eigenvalue weighted by Gasteiger charge is 2.39. The van der Waals surface area contributed by atoms with Crippen LogP contribution in [0.1, 0.15) is 12.8 Å². The van der Waals surface area contributed by atoms with Crippen molar-refractivity contribution in [1.29, 1.82) is 0 Å². The predicted octanol–water partition coefficient (Wildman–Crippen LogP) is 4.30. The van der Waals surface area contributed by atoms with E-state index in [-0.39, 0.29) is 11.4 Å². The molecule has 1 amide bonds. The SMILES string of the molecule is COc1ccc(-c2cc(NC(=O)[C@H]3CCCN3S(=O)(=O)c3ccc(F)cc3)ccc2OC)cc1. The molecular weight excluding hydrogens is 459 g/mol. The fraction of sp³-hybridized carbons (Fsp3) is 0.240. The topological polar surface area (TPSA) is 84.9 Å². The summed E-state index contributed by atoms with van der Waals surface area (Å²) in [4.78, 5) is 13.1. The van der Waals surface area contributed by atoms with E-state index in [9.17, 15) is 17.6 Å². The molecule has 1 N–H and O–H groups in total. The van der Waals surface area contributed by atoms with Crippen molar-refractivity contribution < 1.29 is 27.1 Å². The molecule has 4 rings (SSSR count). The molecule has 3 aromatic carbocycles. The van der Waals surface area contributed by atoms with Crippen molar-refractivity contribution in [2.24, 2.45) is 0 Å². The maximum Gasteiger partial charge on any atom is 0.243 e. The lowest BCUT2D eigenvalue weighted by molar-refractivity contribution is -0.119. The number of carbonyl (C=O) groups is 1. The van der Waals surface area contributed by atoms with Gasteiger partial charge in [0.05, 0.1) is 19.1 Å². The zero-order valence-electron chi connectivity index (χ0n) is 18.8. The van der Waals surface area contributed by atoms with Crippen molar-refractivity contribution in [3.63, 3.8) is 0 Å².